The summed E-state index contributed by atoms with van der Waals surface area (Å²) in [5.74, 6) is 1.77. The number of aliphatic hydroxyl groups is 1. The maximum Gasteiger partial charge on any atom is 0.404 e. The predicted molar refractivity (Wildman–Crippen MR) is 142 cm³/mol. The first-order chi connectivity index (χ1) is 18.3. The number of carbonyl (C=O) groups excluding carboxylic acids is 2. The molecule has 1 aliphatic carbocycles. The molecule has 1 saturated heterocycles. The number of methoxy groups -OCH3 is 1. The number of nitrogens with zero attached hydrogens (tertiary/aromatic N) is 4. The number of aryl methyl sites for hydroxylation is 1. The highest BCUT2D eigenvalue weighted by atomic mass is 16.6. The van der Waals surface area contributed by atoms with Crippen LogP contribution >= 0.6 is 0 Å². The highest BCUT2D eigenvalue weighted by Gasteiger charge is 2.34. The Labute approximate surface area is 219 Å². The zero-order valence-corrected chi connectivity index (χ0v) is 21.5. The van der Waals surface area contributed by atoms with E-state index in [1.54, 1.807) is 24.1 Å². The molecule has 1 aliphatic heterocycles. The first-order valence-corrected chi connectivity index (χ1v) is 12.9. The number of imidazole rings is 1. The highest BCUT2D eigenvalue weighted by molar-refractivity contribution is 6.00. The van der Waals surface area contributed by atoms with E-state index in [0.29, 0.717) is 29.3 Å². The fourth-order valence-electron chi connectivity index (χ4n) is 5.51. The smallest absolute Gasteiger partial charge is 0.404 e. The van der Waals surface area contributed by atoms with Crippen molar-refractivity contribution in [3.63, 3.8) is 0 Å². The number of aliphatic hydroxyl groups excluding tert-OH is 1. The summed E-state index contributed by atoms with van der Waals surface area (Å²) in [6.07, 6.45) is 0.0447. The van der Waals surface area contributed by atoms with Crippen molar-refractivity contribution in [3.8, 4) is 17.3 Å². The van der Waals surface area contributed by atoms with E-state index in [1.807, 2.05) is 17.7 Å². The zero-order chi connectivity index (χ0) is 26.6. The molecule has 6 rings (SSSR count). The molecule has 3 heterocycles. The van der Waals surface area contributed by atoms with Gasteiger partial charge >= 0.3 is 6.09 Å². The Morgan fingerprint density at radius 2 is 1.95 bits per heavy atom. The Morgan fingerprint density at radius 3 is 2.68 bits per heavy atom. The van der Waals surface area contributed by atoms with Gasteiger partial charge in [0.05, 0.1) is 31.0 Å². The molecule has 0 radical (unpaired) electrons. The van der Waals surface area contributed by atoms with Gasteiger partial charge < -0.3 is 34.3 Å². The second-order valence-electron chi connectivity index (χ2n) is 10.3. The van der Waals surface area contributed by atoms with Crippen LogP contribution in [0.25, 0.3) is 33.5 Å². The lowest BCUT2D eigenvalue weighted by Crippen LogP contribution is -2.51. The molecular formula is C28H31N5O5. The molecular weight excluding hydrogens is 486 g/mol. The standard InChI is InChI=1S/C28H31N5O5/c1-31-25-19(30-26(31)21-12-17-5-3-4-6-20(17)33(21)14-16-7-8-16)11-18(13-23(25)37-2)27(35)32-10-9-22(34)24(15-32)38-28(29)36/h3-6,11-13,16,22,24,34H,7-10,14-15H2,1-2H3,(H2,29,36)/t22-,24+/m1/s1. The number of nitrogens with two attached hydrogens (primary N) is 1. The van der Waals surface area contributed by atoms with Gasteiger partial charge in [0.15, 0.2) is 5.82 Å². The third-order valence-corrected chi connectivity index (χ3v) is 7.66. The van der Waals surface area contributed by atoms with E-state index in [4.69, 9.17) is 20.2 Å². The number of benzene rings is 2. The van der Waals surface area contributed by atoms with E-state index in [1.165, 1.54) is 18.4 Å². The number of fused-ring (bicyclic) bond motifs is 2. The lowest BCUT2D eigenvalue weighted by atomic mass is 10.0. The first-order valence-electron chi connectivity index (χ1n) is 12.9. The second kappa shape index (κ2) is 9.36. The number of para-hydroxylation sites is 1. The molecule has 2 fully saturated rings. The first kappa shape index (κ1) is 24.3. The molecule has 0 spiro atoms. The molecule has 1 saturated carbocycles. The number of carbonyl (C=O) groups is 2. The normalized spacial score (nSPS) is 19.7. The molecule has 198 valence electrons. The van der Waals surface area contributed by atoms with Crippen LogP contribution in [-0.2, 0) is 18.3 Å². The van der Waals surface area contributed by atoms with Gasteiger partial charge in [-0.15, -0.1) is 0 Å². The van der Waals surface area contributed by atoms with Crippen molar-refractivity contribution >= 4 is 33.9 Å². The summed E-state index contributed by atoms with van der Waals surface area (Å²) in [5.41, 5.74) is 9.21. The average molecular weight is 518 g/mol. The molecule has 2 amide bonds. The van der Waals surface area contributed by atoms with Crippen LogP contribution in [0.3, 0.4) is 0 Å². The Hall–Kier alpha value is -4.05. The summed E-state index contributed by atoms with van der Waals surface area (Å²) >= 11 is 0. The van der Waals surface area contributed by atoms with Gasteiger partial charge in [-0.05, 0) is 49.4 Å². The highest BCUT2D eigenvalue weighted by Crippen LogP contribution is 2.38. The molecule has 10 heteroatoms. The molecule has 38 heavy (non-hydrogen) atoms. The molecule has 2 aliphatic rings. The Balaban J connectivity index is 1.40. The van der Waals surface area contributed by atoms with Crippen molar-refractivity contribution in [1.82, 2.24) is 19.0 Å². The molecule has 0 bridgehead atoms. The van der Waals surface area contributed by atoms with Crippen LogP contribution < -0.4 is 10.5 Å². The number of rotatable bonds is 6. The van der Waals surface area contributed by atoms with Gasteiger partial charge in [0.25, 0.3) is 5.91 Å². The number of hydrogen-bond donors (Lipinski definition) is 2. The minimum absolute atomic E-state index is 0.0536. The van der Waals surface area contributed by atoms with Gasteiger partial charge in [-0.3, -0.25) is 4.79 Å². The summed E-state index contributed by atoms with van der Waals surface area (Å²) in [7, 11) is 3.54. The number of amides is 2. The maximum absolute atomic E-state index is 13.5. The summed E-state index contributed by atoms with van der Waals surface area (Å²) in [5, 5.41) is 11.3. The molecule has 4 aromatic rings. The van der Waals surface area contributed by atoms with Crippen molar-refractivity contribution < 1.29 is 24.2 Å². The summed E-state index contributed by atoms with van der Waals surface area (Å²) in [6, 6.07) is 14.0. The minimum Gasteiger partial charge on any atom is -0.494 e. The van der Waals surface area contributed by atoms with Crippen LogP contribution in [0.2, 0.25) is 0 Å². The number of ether oxygens (including phenoxy) is 2. The van der Waals surface area contributed by atoms with E-state index in [-0.39, 0.29) is 18.9 Å². The van der Waals surface area contributed by atoms with Crippen LogP contribution in [0.1, 0.15) is 29.6 Å². The SMILES string of the molecule is COc1cc(C(=O)N2CC[C@@H](O)[C@@H](OC(N)=O)C2)cc2nc(-c3cc4ccccc4n3CC3CC3)n(C)c12. The van der Waals surface area contributed by atoms with E-state index in [9.17, 15) is 14.7 Å². The molecule has 2 aromatic heterocycles. The molecule has 2 atom stereocenters. The number of likely N-dealkylation sites (tertiary alicyclic amines) is 1. The van der Waals surface area contributed by atoms with Crippen LogP contribution in [-0.4, -0.2) is 68.5 Å². The molecule has 3 N–H and O–H groups in total. The number of primary amides is 1. The van der Waals surface area contributed by atoms with Crippen LogP contribution in [0.5, 0.6) is 5.75 Å². The number of piperidine rings is 1. The van der Waals surface area contributed by atoms with Gasteiger partial charge in [-0.1, -0.05) is 18.2 Å². The number of aromatic nitrogens is 3. The predicted octanol–water partition coefficient (Wildman–Crippen LogP) is 3.28. The molecule has 10 nitrogen and oxygen atoms in total. The van der Waals surface area contributed by atoms with E-state index in [2.05, 4.69) is 28.8 Å². The monoisotopic (exact) mass is 517 g/mol. The van der Waals surface area contributed by atoms with Gasteiger partial charge in [-0.25, -0.2) is 9.78 Å². The minimum atomic E-state index is -0.980. The van der Waals surface area contributed by atoms with Crippen LogP contribution in [0.4, 0.5) is 4.79 Å². The quantitative estimate of drug-likeness (QED) is 0.404. The molecule has 2 aromatic carbocycles. The third kappa shape index (κ3) is 4.24. The Morgan fingerprint density at radius 1 is 1.16 bits per heavy atom. The Bertz CT molecular complexity index is 1550. The van der Waals surface area contributed by atoms with Crippen LogP contribution in [0, 0.1) is 5.92 Å². The lowest BCUT2D eigenvalue weighted by molar-refractivity contribution is -0.0383. The molecule has 0 unspecified atom stereocenters. The topological polar surface area (TPSA) is 125 Å². The van der Waals surface area contributed by atoms with Gasteiger partial charge in [-0.2, -0.15) is 0 Å². The van der Waals surface area contributed by atoms with E-state index in [0.717, 1.165) is 29.0 Å². The summed E-state index contributed by atoms with van der Waals surface area (Å²) < 4.78 is 15.1. The van der Waals surface area contributed by atoms with Crippen molar-refractivity contribution in [2.75, 3.05) is 20.2 Å². The van der Waals surface area contributed by atoms with Crippen molar-refractivity contribution in [2.24, 2.45) is 18.7 Å². The lowest BCUT2D eigenvalue weighted by Gasteiger charge is -2.35. The van der Waals surface area contributed by atoms with Crippen molar-refractivity contribution in [2.45, 2.75) is 38.0 Å². The maximum atomic E-state index is 13.5. The van der Waals surface area contributed by atoms with E-state index < -0.39 is 18.3 Å². The fraction of sp³-hybridized carbons (Fsp3) is 0.393. The van der Waals surface area contributed by atoms with Crippen LogP contribution in [0.15, 0.2) is 42.5 Å². The third-order valence-electron chi connectivity index (χ3n) is 7.66. The van der Waals surface area contributed by atoms with Crippen molar-refractivity contribution in [1.29, 1.82) is 0 Å². The number of hydrogen-bond acceptors (Lipinski definition) is 6. The zero-order valence-electron chi connectivity index (χ0n) is 21.5. The van der Waals surface area contributed by atoms with Crippen molar-refractivity contribution in [3.05, 3.63) is 48.0 Å². The largest absolute Gasteiger partial charge is 0.494 e. The van der Waals surface area contributed by atoms with Gasteiger partial charge in [0.1, 0.15) is 17.4 Å². The van der Waals surface area contributed by atoms with E-state index >= 15 is 0 Å². The fourth-order valence-corrected chi connectivity index (χ4v) is 5.51. The van der Waals surface area contributed by atoms with Gasteiger partial charge in [0.2, 0.25) is 0 Å². The summed E-state index contributed by atoms with van der Waals surface area (Å²) in [6.45, 7) is 1.33. The second-order valence-corrected chi connectivity index (χ2v) is 10.3. The Kier molecular flexibility index (Phi) is 5.98. The summed E-state index contributed by atoms with van der Waals surface area (Å²) in [4.78, 5) is 31.3. The average Bonchev–Trinajstić information content (AvgIpc) is 3.57. The van der Waals surface area contributed by atoms with Gasteiger partial charge in [0, 0.05) is 36.6 Å².